The lowest BCUT2D eigenvalue weighted by Gasteiger charge is -2.29. The molecule has 1 N–H and O–H groups in total. The van der Waals surface area contributed by atoms with Gasteiger partial charge in [0.25, 0.3) is 0 Å². The molecule has 2 aromatic rings. The quantitative estimate of drug-likeness (QED) is 0.847. The molecule has 2 rings (SSSR count). The summed E-state index contributed by atoms with van der Waals surface area (Å²) in [7, 11) is 0. The molecule has 0 saturated heterocycles. The molecule has 1 atom stereocenters. The second-order valence-corrected chi connectivity index (χ2v) is 4.39. The van der Waals surface area contributed by atoms with Gasteiger partial charge in [-0.25, -0.2) is 0 Å². The smallest absolute Gasteiger partial charge is 0.115 e. The molecule has 0 amide bonds. The minimum absolute atomic E-state index is 0.669. The summed E-state index contributed by atoms with van der Waals surface area (Å²) in [5, 5.41) is 10.9. The fourth-order valence-corrected chi connectivity index (χ4v) is 2.30. The second-order valence-electron chi connectivity index (χ2n) is 4.39. The van der Waals surface area contributed by atoms with Crippen LogP contribution in [0.15, 0.2) is 54.6 Å². The molecule has 0 fully saturated rings. The van der Waals surface area contributed by atoms with Gasteiger partial charge in [-0.3, -0.25) is 0 Å². The first kappa shape index (κ1) is 11.9. The highest BCUT2D eigenvalue weighted by atomic mass is 16.3. The topological polar surface area (TPSA) is 20.2 Å². The molecule has 0 radical (unpaired) electrons. The van der Waals surface area contributed by atoms with Gasteiger partial charge in [0.1, 0.15) is 5.60 Å². The normalized spacial score (nSPS) is 14.3. The van der Waals surface area contributed by atoms with Crippen molar-refractivity contribution in [3.05, 3.63) is 71.3 Å². The summed E-state index contributed by atoms with van der Waals surface area (Å²) in [6.07, 6.45) is 0.669. The fourth-order valence-electron chi connectivity index (χ4n) is 2.30. The molecular formula is C16H18O. The third-order valence-electron chi connectivity index (χ3n) is 3.35. The minimum atomic E-state index is -0.882. The number of benzene rings is 2. The first-order valence-electron chi connectivity index (χ1n) is 6.02. The van der Waals surface area contributed by atoms with Crippen LogP contribution in [0.3, 0.4) is 0 Å². The maximum Gasteiger partial charge on any atom is 0.115 e. The summed E-state index contributed by atoms with van der Waals surface area (Å²) in [4.78, 5) is 0. The standard InChI is InChI=1S/C16H18O/c1-3-16(17,14-10-5-4-6-11-14)15-12-8-7-9-13(15)2/h4-12,17H,3H2,1-2H3. The van der Waals surface area contributed by atoms with E-state index >= 15 is 0 Å². The van der Waals surface area contributed by atoms with Crippen LogP contribution in [0.4, 0.5) is 0 Å². The van der Waals surface area contributed by atoms with Crippen molar-refractivity contribution in [1.82, 2.24) is 0 Å². The third-order valence-corrected chi connectivity index (χ3v) is 3.35. The van der Waals surface area contributed by atoms with Crippen LogP contribution in [0.25, 0.3) is 0 Å². The molecule has 0 bridgehead atoms. The van der Waals surface area contributed by atoms with E-state index in [1.54, 1.807) is 0 Å². The summed E-state index contributed by atoms with van der Waals surface area (Å²) >= 11 is 0. The molecule has 0 aromatic heterocycles. The molecule has 1 heteroatoms. The lowest BCUT2D eigenvalue weighted by atomic mass is 9.82. The molecule has 0 saturated carbocycles. The maximum atomic E-state index is 10.9. The zero-order valence-corrected chi connectivity index (χ0v) is 10.4. The molecule has 0 spiro atoms. The fraction of sp³-hybridized carbons (Fsp3) is 0.250. The molecule has 0 aliphatic heterocycles. The summed E-state index contributed by atoms with van der Waals surface area (Å²) < 4.78 is 0. The van der Waals surface area contributed by atoms with E-state index in [2.05, 4.69) is 0 Å². The Bertz CT molecular complexity index is 490. The van der Waals surface area contributed by atoms with E-state index in [1.165, 1.54) is 0 Å². The van der Waals surface area contributed by atoms with Gasteiger partial charge in [-0.2, -0.15) is 0 Å². The van der Waals surface area contributed by atoms with E-state index in [0.29, 0.717) is 6.42 Å². The van der Waals surface area contributed by atoms with E-state index in [0.717, 1.165) is 16.7 Å². The van der Waals surface area contributed by atoms with Crippen LogP contribution in [0.5, 0.6) is 0 Å². The number of rotatable bonds is 3. The zero-order valence-electron chi connectivity index (χ0n) is 10.4. The van der Waals surface area contributed by atoms with Crippen molar-refractivity contribution in [2.75, 3.05) is 0 Å². The van der Waals surface area contributed by atoms with Crippen LogP contribution in [-0.4, -0.2) is 5.11 Å². The van der Waals surface area contributed by atoms with E-state index < -0.39 is 5.60 Å². The Hall–Kier alpha value is -1.60. The summed E-state index contributed by atoms with van der Waals surface area (Å²) in [6.45, 7) is 4.05. The predicted octanol–water partition coefficient (Wildman–Crippen LogP) is 3.64. The number of hydrogen-bond donors (Lipinski definition) is 1. The second kappa shape index (κ2) is 4.72. The first-order valence-corrected chi connectivity index (χ1v) is 6.02. The molecule has 0 aliphatic carbocycles. The average Bonchev–Trinajstić information content (AvgIpc) is 2.39. The van der Waals surface area contributed by atoms with Gasteiger partial charge in [0.15, 0.2) is 0 Å². The van der Waals surface area contributed by atoms with Crippen molar-refractivity contribution in [2.24, 2.45) is 0 Å². The largest absolute Gasteiger partial charge is 0.380 e. The van der Waals surface area contributed by atoms with E-state index in [-0.39, 0.29) is 0 Å². The molecular weight excluding hydrogens is 208 g/mol. The van der Waals surface area contributed by atoms with Crippen LogP contribution in [0.2, 0.25) is 0 Å². The van der Waals surface area contributed by atoms with Gasteiger partial charge in [0, 0.05) is 0 Å². The summed E-state index contributed by atoms with van der Waals surface area (Å²) in [5.74, 6) is 0. The maximum absolute atomic E-state index is 10.9. The van der Waals surface area contributed by atoms with Gasteiger partial charge in [-0.05, 0) is 30.0 Å². The zero-order chi connectivity index (χ0) is 12.3. The SMILES string of the molecule is CCC(O)(c1ccccc1)c1ccccc1C. The van der Waals surface area contributed by atoms with Crippen LogP contribution >= 0.6 is 0 Å². The van der Waals surface area contributed by atoms with E-state index in [9.17, 15) is 5.11 Å². The van der Waals surface area contributed by atoms with Crippen LogP contribution in [-0.2, 0) is 5.60 Å². The average molecular weight is 226 g/mol. The Morgan fingerprint density at radius 3 is 2.12 bits per heavy atom. The number of aliphatic hydroxyl groups is 1. The Morgan fingerprint density at radius 2 is 1.53 bits per heavy atom. The molecule has 17 heavy (non-hydrogen) atoms. The Kier molecular flexibility index (Phi) is 3.30. The molecule has 1 unspecified atom stereocenters. The van der Waals surface area contributed by atoms with Crippen molar-refractivity contribution in [2.45, 2.75) is 25.9 Å². The first-order chi connectivity index (χ1) is 8.18. The number of aryl methyl sites for hydroxylation is 1. The third kappa shape index (κ3) is 2.11. The van der Waals surface area contributed by atoms with Gasteiger partial charge in [0.05, 0.1) is 0 Å². The number of hydrogen-bond acceptors (Lipinski definition) is 1. The predicted molar refractivity (Wildman–Crippen MR) is 70.9 cm³/mol. The van der Waals surface area contributed by atoms with E-state index in [1.807, 2.05) is 68.4 Å². The van der Waals surface area contributed by atoms with Crippen LogP contribution in [0, 0.1) is 6.92 Å². The highest BCUT2D eigenvalue weighted by molar-refractivity contribution is 5.40. The molecule has 0 aliphatic rings. The van der Waals surface area contributed by atoms with E-state index in [4.69, 9.17) is 0 Å². The van der Waals surface area contributed by atoms with Crippen molar-refractivity contribution in [3.63, 3.8) is 0 Å². The highest BCUT2D eigenvalue weighted by Crippen LogP contribution is 2.34. The van der Waals surface area contributed by atoms with Gasteiger partial charge >= 0.3 is 0 Å². The monoisotopic (exact) mass is 226 g/mol. The van der Waals surface area contributed by atoms with Crippen molar-refractivity contribution in [3.8, 4) is 0 Å². The van der Waals surface area contributed by atoms with Crippen molar-refractivity contribution < 1.29 is 5.11 Å². The van der Waals surface area contributed by atoms with Gasteiger partial charge in [0.2, 0.25) is 0 Å². The van der Waals surface area contributed by atoms with Gasteiger partial charge < -0.3 is 5.11 Å². The minimum Gasteiger partial charge on any atom is -0.380 e. The van der Waals surface area contributed by atoms with Crippen molar-refractivity contribution >= 4 is 0 Å². The molecule has 1 nitrogen and oxygen atoms in total. The molecule has 2 aromatic carbocycles. The van der Waals surface area contributed by atoms with Crippen LogP contribution < -0.4 is 0 Å². The molecule has 88 valence electrons. The Morgan fingerprint density at radius 1 is 0.941 bits per heavy atom. The molecule has 0 heterocycles. The summed E-state index contributed by atoms with van der Waals surface area (Å²) in [6, 6.07) is 17.9. The summed E-state index contributed by atoms with van der Waals surface area (Å²) in [5.41, 5.74) is 2.19. The highest BCUT2D eigenvalue weighted by Gasteiger charge is 2.30. The van der Waals surface area contributed by atoms with Gasteiger partial charge in [-0.1, -0.05) is 61.5 Å². The Labute approximate surface area is 103 Å². The van der Waals surface area contributed by atoms with Crippen molar-refractivity contribution in [1.29, 1.82) is 0 Å². The Balaban J connectivity index is 2.56. The lowest BCUT2D eigenvalue weighted by molar-refractivity contribution is 0.0759. The van der Waals surface area contributed by atoms with Gasteiger partial charge in [-0.15, -0.1) is 0 Å². The lowest BCUT2D eigenvalue weighted by Crippen LogP contribution is -2.27. The van der Waals surface area contributed by atoms with Crippen LogP contribution in [0.1, 0.15) is 30.0 Å².